The van der Waals surface area contributed by atoms with Crippen molar-refractivity contribution in [3.05, 3.63) is 53.2 Å². The number of nitrogens with zero attached hydrogens (tertiary/aromatic N) is 2. The number of carbonyl (C=O) groups is 1. The molecule has 0 N–H and O–H groups in total. The van der Waals surface area contributed by atoms with Crippen LogP contribution in [0.25, 0.3) is 0 Å². The molecular formula is C19H22N2O2S. The van der Waals surface area contributed by atoms with Gasteiger partial charge in [-0.15, -0.1) is 0 Å². The predicted octanol–water partition coefficient (Wildman–Crippen LogP) is 3.71. The molecule has 126 valence electrons. The van der Waals surface area contributed by atoms with Crippen molar-refractivity contribution >= 4 is 17.7 Å². The Morgan fingerprint density at radius 3 is 2.88 bits per heavy atom. The first-order valence-electron chi connectivity index (χ1n) is 8.15. The van der Waals surface area contributed by atoms with Crippen molar-refractivity contribution in [1.82, 2.24) is 9.88 Å². The van der Waals surface area contributed by atoms with Gasteiger partial charge in [0.1, 0.15) is 5.03 Å². The lowest BCUT2D eigenvalue weighted by Crippen LogP contribution is -2.44. The van der Waals surface area contributed by atoms with E-state index in [0.29, 0.717) is 25.3 Å². The summed E-state index contributed by atoms with van der Waals surface area (Å²) in [7, 11) is 0. The molecule has 0 bridgehead atoms. The van der Waals surface area contributed by atoms with E-state index in [2.05, 4.69) is 37.0 Å². The summed E-state index contributed by atoms with van der Waals surface area (Å²) in [6.45, 7) is 8.03. The maximum Gasteiger partial charge on any atom is 0.256 e. The van der Waals surface area contributed by atoms with Crippen molar-refractivity contribution in [3.8, 4) is 0 Å². The molecule has 0 radical (unpaired) electrons. The maximum atomic E-state index is 12.9. The molecule has 1 aliphatic heterocycles. The van der Waals surface area contributed by atoms with Gasteiger partial charge in [0.25, 0.3) is 5.91 Å². The Labute approximate surface area is 147 Å². The molecule has 2 heterocycles. The first-order chi connectivity index (χ1) is 11.5. The highest BCUT2D eigenvalue weighted by molar-refractivity contribution is 7.99. The number of rotatable bonds is 3. The molecule has 24 heavy (non-hydrogen) atoms. The zero-order valence-corrected chi connectivity index (χ0v) is 15.1. The minimum atomic E-state index is 0.0320. The van der Waals surface area contributed by atoms with Crippen molar-refractivity contribution < 1.29 is 9.53 Å². The zero-order chi connectivity index (χ0) is 17.1. The van der Waals surface area contributed by atoms with Crippen LogP contribution in [0.3, 0.4) is 0 Å². The molecule has 5 heteroatoms. The van der Waals surface area contributed by atoms with Crippen molar-refractivity contribution in [3.63, 3.8) is 0 Å². The Hall–Kier alpha value is -1.85. The van der Waals surface area contributed by atoms with E-state index in [1.54, 1.807) is 18.0 Å². The fourth-order valence-corrected chi connectivity index (χ4v) is 3.67. The minimum Gasteiger partial charge on any atom is -0.375 e. The Balaban J connectivity index is 1.84. The van der Waals surface area contributed by atoms with E-state index in [1.165, 1.54) is 11.1 Å². The zero-order valence-electron chi connectivity index (χ0n) is 14.3. The van der Waals surface area contributed by atoms with Gasteiger partial charge < -0.3 is 9.64 Å². The predicted molar refractivity (Wildman–Crippen MR) is 95.6 cm³/mol. The van der Waals surface area contributed by atoms with Crippen molar-refractivity contribution in [2.24, 2.45) is 0 Å². The van der Waals surface area contributed by atoms with Gasteiger partial charge >= 0.3 is 0 Å². The second kappa shape index (κ2) is 7.36. The average Bonchev–Trinajstić information content (AvgIpc) is 2.58. The third-order valence-corrected chi connectivity index (χ3v) is 5.23. The molecule has 0 unspecified atom stereocenters. The van der Waals surface area contributed by atoms with Gasteiger partial charge in [0, 0.05) is 24.2 Å². The van der Waals surface area contributed by atoms with Gasteiger partial charge in [-0.05, 0) is 56.2 Å². The molecule has 1 aromatic heterocycles. The second-order valence-corrected chi connectivity index (χ2v) is 7.20. The average molecular weight is 342 g/mol. The molecule has 1 aromatic carbocycles. The van der Waals surface area contributed by atoms with Crippen LogP contribution in [0, 0.1) is 13.8 Å². The van der Waals surface area contributed by atoms with E-state index in [9.17, 15) is 4.79 Å². The first kappa shape index (κ1) is 17.0. The smallest absolute Gasteiger partial charge is 0.256 e. The molecule has 0 spiro atoms. The Bertz CT molecular complexity index is 748. The van der Waals surface area contributed by atoms with Gasteiger partial charge in [0.2, 0.25) is 0 Å². The van der Waals surface area contributed by atoms with E-state index in [1.807, 2.05) is 24.0 Å². The molecule has 3 rings (SSSR count). The summed E-state index contributed by atoms with van der Waals surface area (Å²) in [4.78, 5) is 20.3. The standard InChI is InChI=1S/C19H22N2O2S/c1-13-6-7-16(11-14(13)2)24-18-17(5-4-8-20-18)19(22)21-9-10-23-15(3)12-21/h4-8,11,15H,9-10,12H2,1-3H3/t15-/m0/s1. The highest BCUT2D eigenvalue weighted by atomic mass is 32.2. The Morgan fingerprint density at radius 1 is 1.29 bits per heavy atom. The third-order valence-electron chi connectivity index (χ3n) is 4.22. The summed E-state index contributed by atoms with van der Waals surface area (Å²) in [5.41, 5.74) is 3.17. The summed E-state index contributed by atoms with van der Waals surface area (Å²) in [6.07, 6.45) is 1.82. The number of benzene rings is 1. The summed E-state index contributed by atoms with van der Waals surface area (Å²) >= 11 is 1.54. The monoisotopic (exact) mass is 342 g/mol. The van der Waals surface area contributed by atoms with E-state index in [4.69, 9.17) is 4.74 Å². The number of morpholine rings is 1. The molecule has 0 saturated carbocycles. The number of pyridine rings is 1. The highest BCUT2D eigenvalue weighted by Crippen LogP contribution is 2.30. The van der Waals surface area contributed by atoms with Crippen LogP contribution in [-0.4, -0.2) is 41.6 Å². The number of carbonyl (C=O) groups excluding carboxylic acids is 1. The van der Waals surface area contributed by atoms with Crippen molar-refractivity contribution in [1.29, 1.82) is 0 Å². The van der Waals surface area contributed by atoms with Gasteiger partial charge in [0.15, 0.2) is 0 Å². The second-order valence-electron chi connectivity index (χ2n) is 6.14. The molecule has 0 aliphatic carbocycles. The lowest BCUT2D eigenvalue weighted by atomic mass is 10.1. The molecule has 4 nitrogen and oxygen atoms in total. The molecule has 1 aliphatic rings. The molecule has 1 fully saturated rings. The quantitative estimate of drug-likeness (QED) is 0.853. The lowest BCUT2D eigenvalue weighted by Gasteiger charge is -2.31. The van der Waals surface area contributed by atoms with Crippen LogP contribution in [-0.2, 0) is 4.74 Å². The Kier molecular flexibility index (Phi) is 5.21. The van der Waals surface area contributed by atoms with Crippen LogP contribution in [0.2, 0.25) is 0 Å². The van der Waals surface area contributed by atoms with Gasteiger partial charge in [-0.1, -0.05) is 17.8 Å². The number of hydrogen-bond donors (Lipinski definition) is 0. The lowest BCUT2D eigenvalue weighted by molar-refractivity contribution is -0.0125. The van der Waals surface area contributed by atoms with Crippen molar-refractivity contribution in [2.75, 3.05) is 19.7 Å². The molecule has 1 amide bonds. The van der Waals surface area contributed by atoms with E-state index in [0.717, 1.165) is 9.92 Å². The van der Waals surface area contributed by atoms with Crippen LogP contribution in [0.5, 0.6) is 0 Å². The van der Waals surface area contributed by atoms with Gasteiger partial charge in [-0.3, -0.25) is 4.79 Å². The normalized spacial score (nSPS) is 17.8. The fraction of sp³-hybridized carbons (Fsp3) is 0.368. The number of aryl methyl sites for hydroxylation is 2. The van der Waals surface area contributed by atoms with Crippen LogP contribution in [0.1, 0.15) is 28.4 Å². The van der Waals surface area contributed by atoms with Gasteiger partial charge in [0.05, 0.1) is 18.3 Å². The number of ether oxygens (including phenoxy) is 1. The highest BCUT2D eigenvalue weighted by Gasteiger charge is 2.24. The maximum absolute atomic E-state index is 12.9. The van der Waals surface area contributed by atoms with Crippen LogP contribution in [0.4, 0.5) is 0 Å². The molecule has 2 aromatic rings. The van der Waals surface area contributed by atoms with E-state index >= 15 is 0 Å². The summed E-state index contributed by atoms with van der Waals surface area (Å²) in [5.74, 6) is 0.0320. The van der Waals surface area contributed by atoms with Crippen LogP contribution < -0.4 is 0 Å². The number of amides is 1. The van der Waals surface area contributed by atoms with Gasteiger partial charge in [-0.2, -0.15) is 0 Å². The number of hydrogen-bond acceptors (Lipinski definition) is 4. The summed E-state index contributed by atoms with van der Waals surface area (Å²) < 4.78 is 5.53. The molecule has 1 saturated heterocycles. The SMILES string of the molecule is Cc1ccc(Sc2ncccc2C(=O)N2CCO[C@@H](C)C2)cc1C. The first-order valence-corrected chi connectivity index (χ1v) is 8.97. The number of aromatic nitrogens is 1. The third kappa shape index (κ3) is 3.79. The summed E-state index contributed by atoms with van der Waals surface area (Å²) in [6, 6.07) is 10.00. The minimum absolute atomic E-state index is 0.0320. The van der Waals surface area contributed by atoms with Crippen LogP contribution >= 0.6 is 11.8 Å². The van der Waals surface area contributed by atoms with E-state index < -0.39 is 0 Å². The van der Waals surface area contributed by atoms with Crippen molar-refractivity contribution in [2.45, 2.75) is 36.8 Å². The molecule has 1 atom stereocenters. The van der Waals surface area contributed by atoms with Gasteiger partial charge in [-0.25, -0.2) is 4.98 Å². The molecular weight excluding hydrogens is 320 g/mol. The Morgan fingerprint density at radius 2 is 2.12 bits per heavy atom. The van der Waals surface area contributed by atoms with Crippen LogP contribution in [0.15, 0.2) is 46.5 Å². The largest absolute Gasteiger partial charge is 0.375 e. The fourth-order valence-electron chi connectivity index (χ4n) is 2.70. The van der Waals surface area contributed by atoms with E-state index in [-0.39, 0.29) is 12.0 Å². The topological polar surface area (TPSA) is 42.4 Å². The summed E-state index contributed by atoms with van der Waals surface area (Å²) in [5, 5.41) is 0.755.